The Morgan fingerprint density at radius 1 is 0.882 bits per heavy atom. The Labute approximate surface area is 199 Å². The molecule has 0 heterocycles. The second-order valence-electron chi connectivity index (χ2n) is 9.10. The fourth-order valence-corrected chi connectivity index (χ4v) is 3.56. The summed E-state index contributed by atoms with van der Waals surface area (Å²) in [5.74, 6) is -3.49. The lowest BCUT2D eigenvalue weighted by atomic mass is 9.86. The number of benzene rings is 2. The zero-order valence-electron chi connectivity index (χ0n) is 20.6. The van der Waals surface area contributed by atoms with Gasteiger partial charge in [0.1, 0.15) is 11.7 Å². The number of carbonyl (C=O) groups is 2. The first-order valence-electron chi connectivity index (χ1n) is 11.0. The fraction of sp³-hybridized carbons (Fsp3) is 0.462. The lowest BCUT2D eigenvalue weighted by molar-refractivity contribution is -0.163. The summed E-state index contributed by atoms with van der Waals surface area (Å²) < 4.78 is 49.3. The predicted molar refractivity (Wildman–Crippen MR) is 123 cm³/mol. The molecule has 186 valence electrons. The average Bonchev–Trinajstić information content (AvgIpc) is 2.74. The highest BCUT2D eigenvalue weighted by Crippen LogP contribution is 2.35. The van der Waals surface area contributed by atoms with Gasteiger partial charge in [-0.3, -0.25) is 9.59 Å². The summed E-state index contributed by atoms with van der Waals surface area (Å²) in [6.07, 6.45) is -0.888. The molecule has 0 aliphatic heterocycles. The van der Waals surface area contributed by atoms with Crippen LogP contribution in [0, 0.1) is 17.6 Å². The van der Waals surface area contributed by atoms with Crippen LogP contribution in [0.2, 0.25) is 0 Å². The van der Waals surface area contributed by atoms with Gasteiger partial charge in [0.25, 0.3) is 0 Å². The molecular weight excluding hydrogens is 446 g/mol. The first-order chi connectivity index (χ1) is 15.9. The Balaban J connectivity index is 2.33. The first kappa shape index (κ1) is 27.1. The molecular formula is C26H32F2O6. The van der Waals surface area contributed by atoms with E-state index in [2.05, 4.69) is 0 Å². The van der Waals surface area contributed by atoms with Crippen LogP contribution in [0.4, 0.5) is 8.78 Å². The van der Waals surface area contributed by atoms with Crippen molar-refractivity contribution in [3.63, 3.8) is 0 Å². The van der Waals surface area contributed by atoms with Gasteiger partial charge in [-0.05, 0) is 63.1 Å². The molecule has 0 radical (unpaired) electrons. The van der Waals surface area contributed by atoms with Crippen molar-refractivity contribution in [1.29, 1.82) is 0 Å². The number of hydrogen-bond donors (Lipinski definition) is 0. The van der Waals surface area contributed by atoms with Gasteiger partial charge in [0.05, 0.1) is 26.6 Å². The van der Waals surface area contributed by atoms with Crippen LogP contribution in [0.1, 0.15) is 58.1 Å². The smallest absolute Gasteiger partial charge is 0.309 e. The molecule has 2 rings (SSSR count). The van der Waals surface area contributed by atoms with E-state index in [1.54, 1.807) is 46.8 Å². The average molecular weight is 479 g/mol. The van der Waals surface area contributed by atoms with Crippen LogP contribution in [0.5, 0.6) is 11.5 Å². The molecule has 34 heavy (non-hydrogen) atoms. The molecule has 0 fully saturated rings. The van der Waals surface area contributed by atoms with Gasteiger partial charge in [-0.25, -0.2) is 8.78 Å². The largest absolute Gasteiger partial charge is 0.494 e. The summed E-state index contributed by atoms with van der Waals surface area (Å²) in [5, 5.41) is 0. The summed E-state index contributed by atoms with van der Waals surface area (Å²) in [5.41, 5.74) is 0.515. The van der Waals surface area contributed by atoms with Gasteiger partial charge in [0, 0.05) is 5.92 Å². The summed E-state index contributed by atoms with van der Waals surface area (Å²) in [6, 6.07) is 8.61. The van der Waals surface area contributed by atoms with Crippen molar-refractivity contribution >= 4 is 11.9 Å². The molecule has 0 aliphatic rings. The second-order valence-corrected chi connectivity index (χ2v) is 9.10. The molecule has 0 aliphatic carbocycles. The Morgan fingerprint density at radius 3 is 1.76 bits per heavy atom. The molecule has 0 aromatic heterocycles. The van der Waals surface area contributed by atoms with Crippen LogP contribution in [-0.2, 0) is 19.1 Å². The van der Waals surface area contributed by atoms with Gasteiger partial charge in [-0.2, -0.15) is 0 Å². The molecule has 0 spiro atoms. The summed E-state index contributed by atoms with van der Waals surface area (Å²) in [7, 11) is 2.69. The molecule has 0 amide bonds. The van der Waals surface area contributed by atoms with Gasteiger partial charge < -0.3 is 18.9 Å². The van der Waals surface area contributed by atoms with E-state index in [1.165, 1.54) is 38.5 Å². The quantitative estimate of drug-likeness (QED) is 0.449. The molecule has 2 aromatic carbocycles. The van der Waals surface area contributed by atoms with Crippen LogP contribution in [0.25, 0.3) is 0 Å². The molecule has 8 heteroatoms. The maximum absolute atomic E-state index is 14.0. The van der Waals surface area contributed by atoms with E-state index in [0.717, 1.165) is 0 Å². The third-order valence-corrected chi connectivity index (χ3v) is 5.14. The van der Waals surface area contributed by atoms with E-state index in [9.17, 15) is 18.4 Å². The van der Waals surface area contributed by atoms with E-state index in [0.29, 0.717) is 11.1 Å². The lowest BCUT2D eigenvalue weighted by Crippen LogP contribution is -2.30. The summed E-state index contributed by atoms with van der Waals surface area (Å²) in [4.78, 5) is 24.9. The van der Waals surface area contributed by atoms with E-state index in [-0.39, 0.29) is 17.9 Å². The maximum Gasteiger partial charge on any atom is 0.309 e. The van der Waals surface area contributed by atoms with Crippen molar-refractivity contribution in [3.05, 3.63) is 59.2 Å². The van der Waals surface area contributed by atoms with E-state index in [1.807, 2.05) is 0 Å². The van der Waals surface area contributed by atoms with Gasteiger partial charge in [-0.15, -0.1) is 0 Å². The predicted octanol–water partition coefficient (Wildman–Crippen LogP) is 5.41. The number of methoxy groups -OCH3 is 2. The maximum atomic E-state index is 14.0. The number of carbonyl (C=O) groups excluding carboxylic acids is 2. The van der Waals surface area contributed by atoms with Gasteiger partial charge in [0.15, 0.2) is 23.1 Å². The molecule has 0 unspecified atom stereocenters. The minimum atomic E-state index is -0.751. The first-order valence-corrected chi connectivity index (χ1v) is 11.0. The normalized spacial score (nSPS) is 13.2. The second kappa shape index (κ2) is 11.3. The Bertz CT molecular complexity index is 961. The zero-order chi connectivity index (χ0) is 25.6. The molecule has 0 bridgehead atoms. The van der Waals surface area contributed by atoms with Crippen LogP contribution in [-0.4, -0.2) is 37.9 Å². The third-order valence-electron chi connectivity index (χ3n) is 5.14. The van der Waals surface area contributed by atoms with Crippen molar-refractivity contribution in [1.82, 2.24) is 0 Å². The SMILES string of the molecule is COc1cc(C(c2ccc(F)c(OC)c2)[C@H](C)OC(=O)[C@H](C)CC(=O)OC(C)(C)C)ccc1F. The van der Waals surface area contributed by atoms with Crippen molar-refractivity contribution in [2.24, 2.45) is 5.92 Å². The van der Waals surface area contributed by atoms with Crippen molar-refractivity contribution in [3.8, 4) is 11.5 Å². The zero-order valence-corrected chi connectivity index (χ0v) is 20.6. The molecule has 2 atom stereocenters. The molecule has 0 saturated heterocycles. The van der Waals surface area contributed by atoms with Crippen LogP contribution in [0.15, 0.2) is 36.4 Å². The lowest BCUT2D eigenvalue weighted by Gasteiger charge is -2.27. The number of halogens is 2. The topological polar surface area (TPSA) is 71.1 Å². The summed E-state index contributed by atoms with van der Waals surface area (Å²) in [6.45, 7) is 8.49. The Hall–Kier alpha value is -3.16. The fourth-order valence-electron chi connectivity index (χ4n) is 3.56. The van der Waals surface area contributed by atoms with Crippen LogP contribution < -0.4 is 9.47 Å². The van der Waals surface area contributed by atoms with Crippen molar-refractivity contribution in [2.45, 2.75) is 58.7 Å². The molecule has 2 aromatic rings. The third kappa shape index (κ3) is 7.17. The number of rotatable bonds is 9. The van der Waals surface area contributed by atoms with E-state index < -0.39 is 47.1 Å². The minimum absolute atomic E-state index is 0.0217. The van der Waals surface area contributed by atoms with Crippen molar-refractivity contribution in [2.75, 3.05) is 14.2 Å². The number of esters is 2. The highest BCUT2D eigenvalue weighted by molar-refractivity contribution is 5.80. The Morgan fingerprint density at radius 2 is 1.35 bits per heavy atom. The van der Waals surface area contributed by atoms with Crippen molar-refractivity contribution < 1.29 is 37.3 Å². The Kier molecular flexibility index (Phi) is 9.01. The molecule has 6 nitrogen and oxygen atoms in total. The monoisotopic (exact) mass is 478 g/mol. The standard InChI is InChI=1S/C26H32F2O6/c1-15(12-23(29)34-26(3,4)5)25(30)33-16(2)24(17-8-10-19(27)21(13-17)31-6)18-9-11-20(28)22(14-18)32-7/h8-11,13-16,24H,12H2,1-7H3/t15-,16+/m1/s1. The number of ether oxygens (including phenoxy) is 4. The summed E-state index contributed by atoms with van der Waals surface area (Å²) >= 11 is 0. The molecule has 0 saturated carbocycles. The van der Waals surface area contributed by atoms with Crippen LogP contribution >= 0.6 is 0 Å². The van der Waals surface area contributed by atoms with Crippen LogP contribution in [0.3, 0.4) is 0 Å². The van der Waals surface area contributed by atoms with Gasteiger partial charge in [0.2, 0.25) is 0 Å². The number of hydrogen-bond acceptors (Lipinski definition) is 6. The minimum Gasteiger partial charge on any atom is -0.494 e. The van der Waals surface area contributed by atoms with E-state index >= 15 is 0 Å². The molecule has 0 N–H and O–H groups in total. The van der Waals surface area contributed by atoms with Gasteiger partial charge >= 0.3 is 11.9 Å². The van der Waals surface area contributed by atoms with Gasteiger partial charge in [-0.1, -0.05) is 19.1 Å². The van der Waals surface area contributed by atoms with E-state index in [4.69, 9.17) is 18.9 Å². The highest BCUT2D eigenvalue weighted by Gasteiger charge is 2.30. The highest BCUT2D eigenvalue weighted by atomic mass is 19.1.